The Balaban J connectivity index is 1.35. The van der Waals surface area contributed by atoms with Gasteiger partial charge in [-0.25, -0.2) is 4.39 Å². The number of nitrogens with one attached hydrogen (secondary N) is 1. The smallest absolute Gasteiger partial charge is 0.262 e. The molecule has 0 aromatic heterocycles. The summed E-state index contributed by atoms with van der Waals surface area (Å²) in [6.07, 6.45) is 0. The number of piperazine rings is 1. The van der Waals surface area contributed by atoms with Gasteiger partial charge in [0.2, 0.25) is 0 Å². The fourth-order valence-corrected chi connectivity index (χ4v) is 4.35. The first-order valence-corrected chi connectivity index (χ1v) is 11.9. The van der Waals surface area contributed by atoms with Gasteiger partial charge in [0.05, 0.1) is 23.5 Å². The van der Waals surface area contributed by atoms with Gasteiger partial charge in [-0.15, -0.1) is 0 Å². The molecule has 1 fully saturated rings. The highest BCUT2D eigenvalue weighted by atomic mass is 35.5. The number of hydrogen-bond acceptors (Lipinski definition) is 5. The van der Waals surface area contributed by atoms with E-state index in [9.17, 15) is 9.18 Å². The number of amides is 1. The topological polar surface area (TPSA) is 54.0 Å². The Morgan fingerprint density at radius 1 is 1.03 bits per heavy atom. The van der Waals surface area contributed by atoms with Crippen molar-refractivity contribution in [3.63, 3.8) is 0 Å². The minimum Gasteiger partial charge on any atom is -0.493 e. The molecule has 1 aliphatic heterocycles. The molecule has 0 atom stereocenters. The number of thiocarbonyl (C=S) groups is 1. The highest BCUT2D eigenvalue weighted by molar-refractivity contribution is 7.80. The van der Waals surface area contributed by atoms with E-state index >= 15 is 0 Å². The van der Waals surface area contributed by atoms with Gasteiger partial charge in [-0.05, 0) is 42.5 Å². The molecule has 0 saturated carbocycles. The van der Waals surface area contributed by atoms with Gasteiger partial charge in [0, 0.05) is 31.7 Å². The summed E-state index contributed by atoms with van der Waals surface area (Å²) in [5, 5.41) is 3.17. The molecule has 0 radical (unpaired) electrons. The van der Waals surface area contributed by atoms with Crippen LogP contribution in [-0.4, -0.2) is 55.7 Å². The zero-order valence-electron chi connectivity index (χ0n) is 19.2. The maximum Gasteiger partial charge on any atom is 0.262 e. The number of hydrogen-bond donors (Lipinski definition) is 1. The molecule has 4 rings (SSSR count). The number of halogens is 2. The van der Waals surface area contributed by atoms with Crippen molar-refractivity contribution >= 4 is 46.1 Å². The minimum atomic E-state index is -0.340. The molecule has 3 aromatic carbocycles. The normalized spacial score (nSPS) is 13.3. The van der Waals surface area contributed by atoms with Crippen LogP contribution in [0.15, 0.2) is 66.7 Å². The van der Waals surface area contributed by atoms with Crippen molar-refractivity contribution in [1.29, 1.82) is 0 Å². The number of para-hydroxylation sites is 2. The quantitative estimate of drug-likeness (QED) is 0.449. The summed E-state index contributed by atoms with van der Waals surface area (Å²) in [5.41, 5.74) is 1.94. The van der Waals surface area contributed by atoms with Gasteiger partial charge in [-0.1, -0.05) is 48.1 Å². The number of nitrogens with zero attached hydrogens (tertiary/aromatic N) is 2. The molecule has 1 N–H and O–H groups in total. The highest BCUT2D eigenvalue weighted by Crippen LogP contribution is 2.29. The van der Waals surface area contributed by atoms with Crippen LogP contribution in [0.1, 0.15) is 5.56 Å². The molecule has 0 unspecified atom stereocenters. The van der Waals surface area contributed by atoms with Gasteiger partial charge in [-0.2, -0.15) is 0 Å². The van der Waals surface area contributed by atoms with Gasteiger partial charge in [0.25, 0.3) is 5.91 Å². The predicted octanol–water partition coefficient (Wildman–Crippen LogP) is 5.00. The summed E-state index contributed by atoms with van der Waals surface area (Å²) >= 11 is 11.8. The fraction of sp³-hybridized carbons (Fsp3) is 0.231. The minimum absolute atomic E-state index is 0.205. The van der Waals surface area contributed by atoms with E-state index < -0.39 is 0 Å². The van der Waals surface area contributed by atoms with Crippen LogP contribution in [0.5, 0.6) is 11.5 Å². The van der Waals surface area contributed by atoms with Crippen LogP contribution in [0.4, 0.5) is 15.8 Å². The van der Waals surface area contributed by atoms with E-state index in [1.165, 1.54) is 13.2 Å². The number of carbonyl (C=O) groups excluding carboxylic acids is 1. The van der Waals surface area contributed by atoms with E-state index in [-0.39, 0.29) is 18.3 Å². The summed E-state index contributed by atoms with van der Waals surface area (Å²) in [6.45, 7) is 2.48. The SMILES string of the molecule is COc1cc(C(=S)N2CCN(c3ccccc3F)CC2)ccc1OCC(=O)Nc1ccccc1Cl. The van der Waals surface area contributed by atoms with E-state index in [2.05, 4.69) is 10.2 Å². The second kappa shape index (κ2) is 11.4. The lowest BCUT2D eigenvalue weighted by Gasteiger charge is -2.37. The van der Waals surface area contributed by atoms with Crippen molar-refractivity contribution in [2.45, 2.75) is 0 Å². The molecule has 6 nitrogen and oxygen atoms in total. The summed E-state index contributed by atoms with van der Waals surface area (Å²) in [5.74, 6) is 0.343. The zero-order chi connectivity index (χ0) is 24.8. The Bertz CT molecular complexity index is 1220. The van der Waals surface area contributed by atoms with Gasteiger partial charge in [0.15, 0.2) is 18.1 Å². The Labute approximate surface area is 214 Å². The number of methoxy groups -OCH3 is 1. The molecule has 182 valence electrons. The fourth-order valence-electron chi connectivity index (χ4n) is 3.85. The lowest BCUT2D eigenvalue weighted by molar-refractivity contribution is -0.118. The maximum atomic E-state index is 14.1. The number of anilines is 2. The third kappa shape index (κ3) is 6.01. The van der Waals surface area contributed by atoms with Crippen molar-refractivity contribution in [3.8, 4) is 11.5 Å². The van der Waals surface area contributed by atoms with Crippen LogP contribution >= 0.6 is 23.8 Å². The van der Waals surface area contributed by atoms with Crippen molar-refractivity contribution in [2.75, 3.05) is 50.1 Å². The molecule has 1 amide bonds. The van der Waals surface area contributed by atoms with Crippen LogP contribution in [0, 0.1) is 5.82 Å². The van der Waals surface area contributed by atoms with E-state index in [4.69, 9.17) is 33.3 Å². The molecule has 0 spiro atoms. The average molecular weight is 514 g/mol. The number of ether oxygens (including phenoxy) is 2. The van der Waals surface area contributed by atoms with Gasteiger partial charge in [0.1, 0.15) is 10.8 Å². The van der Waals surface area contributed by atoms with Gasteiger partial charge < -0.3 is 24.6 Å². The summed E-state index contributed by atoms with van der Waals surface area (Å²) in [7, 11) is 1.53. The van der Waals surface area contributed by atoms with E-state index in [1.807, 2.05) is 17.0 Å². The second-order valence-electron chi connectivity index (χ2n) is 7.91. The number of carbonyl (C=O) groups is 1. The second-order valence-corrected chi connectivity index (χ2v) is 8.71. The van der Waals surface area contributed by atoms with Crippen molar-refractivity contribution in [2.24, 2.45) is 0 Å². The Morgan fingerprint density at radius 3 is 2.46 bits per heavy atom. The van der Waals surface area contributed by atoms with Crippen LogP contribution in [0.3, 0.4) is 0 Å². The lowest BCUT2D eigenvalue weighted by Crippen LogP contribution is -2.48. The zero-order valence-corrected chi connectivity index (χ0v) is 20.7. The highest BCUT2D eigenvalue weighted by Gasteiger charge is 2.22. The molecule has 0 aliphatic carbocycles. The Hall–Kier alpha value is -3.36. The molecular formula is C26H25ClFN3O3S. The van der Waals surface area contributed by atoms with E-state index in [1.54, 1.807) is 48.5 Å². The third-order valence-corrected chi connectivity index (χ3v) is 6.50. The first kappa shape index (κ1) is 24.8. The molecule has 1 saturated heterocycles. The molecule has 3 aromatic rings. The molecule has 9 heteroatoms. The summed E-state index contributed by atoms with van der Waals surface area (Å²) < 4.78 is 25.3. The van der Waals surface area contributed by atoms with Crippen LogP contribution in [0.25, 0.3) is 0 Å². The third-order valence-electron chi connectivity index (χ3n) is 5.68. The Kier molecular flexibility index (Phi) is 8.05. The van der Waals surface area contributed by atoms with E-state index in [0.717, 1.165) is 5.56 Å². The molecular weight excluding hydrogens is 489 g/mol. The summed E-state index contributed by atoms with van der Waals surface area (Å²) in [6, 6.07) is 19.2. The largest absolute Gasteiger partial charge is 0.493 e. The maximum absolute atomic E-state index is 14.1. The first-order chi connectivity index (χ1) is 17.0. The lowest BCUT2D eigenvalue weighted by atomic mass is 10.1. The van der Waals surface area contributed by atoms with Crippen molar-refractivity contribution in [1.82, 2.24) is 4.90 Å². The van der Waals surface area contributed by atoms with E-state index in [0.29, 0.717) is 59.1 Å². The summed E-state index contributed by atoms with van der Waals surface area (Å²) in [4.78, 5) is 17.1. The standard InChI is InChI=1S/C26H25ClFN3O3S/c1-33-24-16-18(10-11-23(24)34-17-25(32)29-21-8-4-2-6-19(21)27)26(35)31-14-12-30(13-15-31)22-9-5-3-7-20(22)28/h2-11,16H,12-15,17H2,1H3,(H,29,32). The monoisotopic (exact) mass is 513 g/mol. The van der Waals surface area contributed by atoms with Gasteiger partial charge >= 0.3 is 0 Å². The molecule has 1 aliphatic rings. The number of rotatable bonds is 7. The van der Waals surface area contributed by atoms with Crippen molar-refractivity contribution < 1.29 is 18.7 Å². The van der Waals surface area contributed by atoms with Crippen LogP contribution in [0.2, 0.25) is 5.02 Å². The van der Waals surface area contributed by atoms with Crippen molar-refractivity contribution in [3.05, 3.63) is 83.1 Å². The predicted molar refractivity (Wildman–Crippen MR) is 140 cm³/mol. The Morgan fingerprint density at radius 2 is 1.74 bits per heavy atom. The van der Waals surface area contributed by atoms with Gasteiger partial charge in [-0.3, -0.25) is 4.79 Å². The molecule has 0 bridgehead atoms. The average Bonchev–Trinajstić information content (AvgIpc) is 2.89. The molecule has 35 heavy (non-hydrogen) atoms. The first-order valence-electron chi connectivity index (χ1n) is 11.1. The van der Waals surface area contributed by atoms with Crippen LogP contribution < -0.4 is 19.7 Å². The number of benzene rings is 3. The van der Waals surface area contributed by atoms with Crippen LogP contribution in [-0.2, 0) is 4.79 Å². The molecule has 1 heterocycles.